The maximum atomic E-state index is 13.3. The molecule has 0 aliphatic carbocycles. The van der Waals surface area contributed by atoms with Crippen molar-refractivity contribution in [1.29, 1.82) is 0 Å². The molecule has 2 heterocycles. The molecule has 2 amide bonds. The number of carbonyl (C=O) groups excluding carboxylic acids is 2. The zero-order valence-corrected chi connectivity index (χ0v) is 17.5. The predicted octanol–water partition coefficient (Wildman–Crippen LogP) is 1.77. The zero-order chi connectivity index (χ0) is 21.7. The van der Waals surface area contributed by atoms with Crippen molar-refractivity contribution in [3.05, 3.63) is 53.9 Å². The number of fused-ring (bicyclic) bond motifs is 1. The molecule has 2 aromatic rings. The highest BCUT2D eigenvalue weighted by atomic mass is 16.5. The molecule has 1 aliphatic rings. The highest BCUT2D eigenvalue weighted by molar-refractivity contribution is 6.07. The Morgan fingerprint density at radius 2 is 2.07 bits per heavy atom. The second kappa shape index (κ2) is 9.69. The highest BCUT2D eigenvalue weighted by Crippen LogP contribution is 2.34. The first-order chi connectivity index (χ1) is 14.5. The van der Waals surface area contributed by atoms with E-state index in [-0.39, 0.29) is 36.5 Å². The molecule has 1 aliphatic heterocycles. The minimum Gasteiger partial charge on any atom is -0.486 e. The van der Waals surface area contributed by atoms with Gasteiger partial charge in [0.25, 0.3) is 11.8 Å². The van der Waals surface area contributed by atoms with Gasteiger partial charge in [-0.3, -0.25) is 14.6 Å². The van der Waals surface area contributed by atoms with Crippen LogP contribution in [-0.4, -0.2) is 65.7 Å². The topological polar surface area (TPSA) is 104 Å². The van der Waals surface area contributed by atoms with Crippen molar-refractivity contribution in [3.8, 4) is 5.75 Å². The third-order valence-electron chi connectivity index (χ3n) is 5.29. The van der Waals surface area contributed by atoms with Crippen molar-refractivity contribution >= 4 is 17.5 Å². The Morgan fingerprint density at radius 1 is 1.33 bits per heavy atom. The van der Waals surface area contributed by atoms with E-state index in [0.29, 0.717) is 35.7 Å². The summed E-state index contributed by atoms with van der Waals surface area (Å²) in [5.41, 5.74) is 1.24. The summed E-state index contributed by atoms with van der Waals surface area (Å²) in [6.07, 6.45) is 2.86. The summed E-state index contributed by atoms with van der Waals surface area (Å²) in [5, 5.41) is 15.7. The Kier molecular flexibility index (Phi) is 7.02. The van der Waals surface area contributed by atoms with E-state index in [4.69, 9.17) is 4.74 Å². The quantitative estimate of drug-likeness (QED) is 0.668. The van der Waals surface area contributed by atoms with Crippen LogP contribution in [0.4, 0.5) is 5.69 Å². The number of rotatable bonds is 6. The van der Waals surface area contributed by atoms with Gasteiger partial charge in [-0.15, -0.1) is 0 Å². The number of nitrogens with one attached hydrogen (secondary N) is 2. The van der Waals surface area contributed by atoms with Gasteiger partial charge >= 0.3 is 0 Å². The van der Waals surface area contributed by atoms with Crippen LogP contribution in [0.15, 0.2) is 42.7 Å². The minimum atomic E-state index is -0.337. The van der Waals surface area contributed by atoms with Gasteiger partial charge in [0.05, 0.1) is 23.9 Å². The van der Waals surface area contributed by atoms with Crippen LogP contribution >= 0.6 is 0 Å². The molecule has 3 N–H and O–H groups in total. The number of aromatic nitrogens is 1. The average Bonchev–Trinajstić information content (AvgIpc) is 2.76. The van der Waals surface area contributed by atoms with E-state index in [1.54, 1.807) is 47.6 Å². The Balaban J connectivity index is 2.03. The normalized spacial score (nSPS) is 19.9. The summed E-state index contributed by atoms with van der Waals surface area (Å²) in [7, 11) is 1.84. The molecule has 3 atom stereocenters. The molecular weight excluding hydrogens is 384 g/mol. The number of amides is 2. The predicted molar refractivity (Wildman–Crippen MR) is 114 cm³/mol. The SMILES string of the molecule is CNC[C@H]1Oc2c(NC(=O)c3ccncc3)cccc2C(=O)N([C@H](C)CO)C[C@@H]1C. The lowest BCUT2D eigenvalue weighted by molar-refractivity contribution is 0.0417. The first-order valence-electron chi connectivity index (χ1n) is 10.0. The summed E-state index contributed by atoms with van der Waals surface area (Å²) in [5.74, 6) is -0.205. The first-order valence-corrected chi connectivity index (χ1v) is 10.0. The molecule has 3 rings (SSSR count). The molecule has 0 bridgehead atoms. The van der Waals surface area contributed by atoms with Crippen LogP contribution in [0.3, 0.4) is 0 Å². The van der Waals surface area contributed by atoms with E-state index in [2.05, 4.69) is 15.6 Å². The van der Waals surface area contributed by atoms with Crippen LogP contribution in [0.5, 0.6) is 5.75 Å². The maximum Gasteiger partial charge on any atom is 0.258 e. The molecular formula is C22H28N4O4. The van der Waals surface area contributed by atoms with Crippen molar-refractivity contribution in [1.82, 2.24) is 15.2 Å². The lowest BCUT2D eigenvalue weighted by Gasteiger charge is -2.37. The number of nitrogens with zero attached hydrogens (tertiary/aromatic N) is 2. The van der Waals surface area contributed by atoms with Crippen molar-refractivity contribution in [2.75, 3.05) is 32.1 Å². The number of ether oxygens (including phenoxy) is 1. The number of likely N-dealkylation sites (N-methyl/N-ethyl adjacent to an activating group) is 1. The smallest absolute Gasteiger partial charge is 0.258 e. The number of hydrogen-bond donors (Lipinski definition) is 3. The number of carbonyl (C=O) groups is 2. The Morgan fingerprint density at radius 3 is 2.73 bits per heavy atom. The summed E-state index contributed by atoms with van der Waals surface area (Å²) in [6.45, 7) is 4.72. The van der Waals surface area contributed by atoms with Gasteiger partial charge in [-0.1, -0.05) is 13.0 Å². The second-order valence-electron chi connectivity index (χ2n) is 7.55. The van der Waals surface area contributed by atoms with Crippen LogP contribution in [-0.2, 0) is 0 Å². The van der Waals surface area contributed by atoms with Crippen molar-refractivity contribution in [2.45, 2.75) is 26.0 Å². The fraction of sp³-hybridized carbons (Fsp3) is 0.409. The molecule has 0 saturated carbocycles. The Bertz CT molecular complexity index is 890. The lowest BCUT2D eigenvalue weighted by Crippen LogP contribution is -2.49. The van der Waals surface area contributed by atoms with E-state index in [1.807, 2.05) is 20.9 Å². The monoisotopic (exact) mass is 412 g/mol. The van der Waals surface area contributed by atoms with Gasteiger partial charge in [-0.05, 0) is 38.2 Å². The minimum absolute atomic E-state index is 0.00695. The first kappa shape index (κ1) is 21.7. The third kappa shape index (κ3) is 4.60. The van der Waals surface area contributed by atoms with Gasteiger partial charge < -0.3 is 25.4 Å². The van der Waals surface area contributed by atoms with Crippen LogP contribution < -0.4 is 15.4 Å². The van der Waals surface area contributed by atoms with Gasteiger partial charge in [0.15, 0.2) is 5.75 Å². The van der Waals surface area contributed by atoms with Gasteiger partial charge in [-0.25, -0.2) is 0 Å². The van der Waals surface area contributed by atoms with Crippen LogP contribution in [0.1, 0.15) is 34.6 Å². The molecule has 0 spiro atoms. The van der Waals surface area contributed by atoms with E-state index in [1.165, 1.54) is 0 Å². The Hall–Kier alpha value is -2.97. The molecule has 0 unspecified atom stereocenters. The molecule has 0 fully saturated rings. The molecule has 1 aromatic heterocycles. The number of aliphatic hydroxyl groups excluding tert-OH is 1. The third-order valence-corrected chi connectivity index (χ3v) is 5.29. The van der Waals surface area contributed by atoms with Crippen molar-refractivity contribution in [3.63, 3.8) is 0 Å². The summed E-state index contributed by atoms with van der Waals surface area (Å²) < 4.78 is 6.29. The van der Waals surface area contributed by atoms with Gasteiger partial charge in [-0.2, -0.15) is 0 Å². The maximum absolute atomic E-state index is 13.3. The van der Waals surface area contributed by atoms with E-state index < -0.39 is 0 Å². The highest BCUT2D eigenvalue weighted by Gasteiger charge is 2.33. The number of benzene rings is 1. The summed E-state index contributed by atoms with van der Waals surface area (Å²) in [4.78, 5) is 31.6. The molecule has 160 valence electrons. The number of anilines is 1. The molecule has 0 saturated heterocycles. The second-order valence-corrected chi connectivity index (χ2v) is 7.55. The fourth-order valence-corrected chi connectivity index (χ4v) is 3.48. The van der Waals surface area contributed by atoms with Gasteiger partial charge in [0.1, 0.15) is 6.10 Å². The molecule has 0 radical (unpaired) electrons. The molecule has 1 aromatic carbocycles. The number of aliphatic hydroxyl groups is 1. The standard InChI is InChI=1S/C22H28N4O4/c1-14-12-26(15(2)13-27)22(29)17-5-4-6-18(20(17)30-19(14)11-23-3)25-21(28)16-7-9-24-10-8-16/h4-10,14-15,19,23,27H,11-13H2,1-3H3,(H,25,28)/t14-,15+,19+/m0/s1. The van der Waals surface area contributed by atoms with Crippen LogP contribution in [0, 0.1) is 5.92 Å². The number of para-hydroxylation sites is 1. The molecule has 8 heteroatoms. The van der Waals surface area contributed by atoms with Crippen molar-refractivity contribution < 1.29 is 19.4 Å². The zero-order valence-electron chi connectivity index (χ0n) is 17.5. The van der Waals surface area contributed by atoms with Gasteiger partial charge in [0, 0.05) is 37.0 Å². The Labute approximate surface area is 176 Å². The summed E-state index contributed by atoms with van der Waals surface area (Å²) in [6, 6.07) is 8.00. The van der Waals surface area contributed by atoms with Crippen molar-refractivity contribution in [2.24, 2.45) is 5.92 Å². The largest absolute Gasteiger partial charge is 0.486 e. The van der Waals surface area contributed by atoms with E-state index in [0.717, 1.165) is 0 Å². The number of hydrogen-bond acceptors (Lipinski definition) is 6. The molecule has 30 heavy (non-hydrogen) atoms. The van der Waals surface area contributed by atoms with Crippen LogP contribution in [0.25, 0.3) is 0 Å². The van der Waals surface area contributed by atoms with Crippen LogP contribution in [0.2, 0.25) is 0 Å². The molecule has 8 nitrogen and oxygen atoms in total. The lowest BCUT2D eigenvalue weighted by atomic mass is 9.99. The van der Waals surface area contributed by atoms with E-state index in [9.17, 15) is 14.7 Å². The van der Waals surface area contributed by atoms with E-state index >= 15 is 0 Å². The average molecular weight is 412 g/mol. The number of pyridine rings is 1. The fourth-order valence-electron chi connectivity index (χ4n) is 3.48. The summed E-state index contributed by atoms with van der Waals surface area (Å²) >= 11 is 0. The van der Waals surface area contributed by atoms with Gasteiger partial charge in [0.2, 0.25) is 0 Å².